The fourth-order valence-corrected chi connectivity index (χ4v) is 3.32. The van der Waals surface area contributed by atoms with Crippen molar-refractivity contribution in [3.8, 4) is 0 Å². The zero-order valence-corrected chi connectivity index (χ0v) is 18.3. The van der Waals surface area contributed by atoms with Gasteiger partial charge in [0.05, 0.1) is 13.2 Å². The van der Waals surface area contributed by atoms with E-state index in [2.05, 4.69) is 35.7 Å². The Labute approximate surface area is 191 Å². The lowest BCUT2D eigenvalue weighted by molar-refractivity contribution is -0.116. The van der Waals surface area contributed by atoms with Crippen LogP contribution in [0.25, 0.3) is 12.2 Å². The lowest BCUT2D eigenvalue weighted by Gasteiger charge is -2.26. The van der Waals surface area contributed by atoms with Crippen molar-refractivity contribution in [3.05, 3.63) is 59.3 Å². The number of carbonyl (C=O) groups is 1. The summed E-state index contributed by atoms with van der Waals surface area (Å²) in [5, 5.41) is 13.0. The normalized spacial score (nSPS) is 14.5. The second-order valence-electron chi connectivity index (χ2n) is 7.69. The molecule has 0 spiro atoms. The van der Waals surface area contributed by atoms with Crippen LogP contribution in [-0.4, -0.2) is 63.8 Å². The van der Waals surface area contributed by atoms with E-state index >= 15 is 0 Å². The highest BCUT2D eigenvalue weighted by Crippen LogP contribution is 2.18. The predicted molar refractivity (Wildman–Crippen MR) is 124 cm³/mol. The van der Waals surface area contributed by atoms with E-state index in [-0.39, 0.29) is 11.7 Å². The second kappa shape index (κ2) is 10.8. The Bertz CT molecular complexity index is 1110. The second-order valence-corrected chi connectivity index (χ2v) is 7.69. The molecular formula is C23H26FN7O2. The molecule has 0 unspecified atom stereocenters. The van der Waals surface area contributed by atoms with Crippen LogP contribution in [-0.2, 0) is 9.53 Å². The fourth-order valence-electron chi connectivity index (χ4n) is 3.32. The molecule has 1 saturated heterocycles. The summed E-state index contributed by atoms with van der Waals surface area (Å²) in [5.41, 5.74) is 1.71. The Morgan fingerprint density at radius 2 is 1.88 bits per heavy atom. The number of H-pyrrole nitrogens is 1. The molecule has 0 radical (unpaired) electrons. The lowest BCUT2D eigenvalue weighted by atomic mass is 10.2. The van der Waals surface area contributed by atoms with Crippen LogP contribution in [0.15, 0.2) is 36.4 Å². The number of aromatic amines is 1. The number of anilines is 3. The zero-order chi connectivity index (χ0) is 23.0. The zero-order valence-electron chi connectivity index (χ0n) is 18.3. The number of aryl methyl sites for hydroxylation is 1. The molecular weight excluding hydrogens is 425 g/mol. The monoisotopic (exact) mass is 451 g/mol. The molecule has 2 aromatic heterocycles. The highest BCUT2D eigenvalue weighted by Gasteiger charge is 2.13. The maximum absolute atomic E-state index is 13.2. The Balaban J connectivity index is 1.48. The van der Waals surface area contributed by atoms with Gasteiger partial charge in [-0.1, -0.05) is 18.2 Å². The van der Waals surface area contributed by atoms with Crippen molar-refractivity contribution in [3.63, 3.8) is 0 Å². The Kier molecular flexibility index (Phi) is 7.38. The maximum Gasteiger partial charge on any atom is 0.226 e. The third-order valence-corrected chi connectivity index (χ3v) is 5.03. The molecule has 1 fully saturated rings. The van der Waals surface area contributed by atoms with Crippen LogP contribution in [0, 0.1) is 12.7 Å². The molecule has 172 valence electrons. The first kappa shape index (κ1) is 22.6. The molecule has 3 aromatic rings. The third kappa shape index (κ3) is 6.93. The van der Waals surface area contributed by atoms with E-state index in [9.17, 15) is 9.18 Å². The Morgan fingerprint density at radius 3 is 2.61 bits per heavy atom. The van der Waals surface area contributed by atoms with Crippen LogP contribution in [0.1, 0.15) is 23.5 Å². The number of carbonyl (C=O) groups excluding carboxylic acids is 1. The average molecular weight is 452 g/mol. The molecule has 0 aliphatic carbocycles. The molecule has 9 nitrogen and oxygen atoms in total. The summed E-state index contributed by atoms with van der Waals surface area (Å²) in [6, 6.07) is 9.60. The highest BCUT2D eigenvalue weighted by atomic mass is 19.1. The summed E-state index contributed by atoms with van der Waals surface area (Å²) < 4.78 is 18.5. The molecule has 10 heteroatoms. The number of morpholine rings is 1. The molecule has 1 aromatic carbocycles. The third-order valence-electron chi connectivity index (χ3n) is 5.03. The number of hydrogen-bond acceptors (Lipinski definition) is 7. The van der Waals surface area contributed by atoms with Gasteiger partial charge >= 0.3 is 0 Å². The Hall–Kier alpha value is -3.63. The van der Waals surface area contributed by atoms with Gasteiger partial charge in [-0.05, 0) is 30.7 Å². The first-order valence-corrected chi connectivity index (χ1v) is 10.8. The van der Waals surface area contributed by atoms with E-state index in [0.717, 1.165) is 24.3 Å². The van der Waals surface area contributed by atoms with E-state index in [4.69, 9.17) is 4.74 Å². The van der Waals surface area contributed by atoms with Gasteiger partial charge in [0.2, 0.25) is 5.91 Å². The van der Waals surface area contributed by atoms with Gasteiger partial charge in [-0.15, -0.1) is 0 Å². The van der Waals surface area contributed by atoms with Crippen LogP contribution in [0.3, 0.4) is 0 Å². The number of nitrogens with one attached hydrogen (secondary N) is 3. The van der Waals surface area contributed by atoms with Gasteiger partial charge in [0.1, 0.15) is 17.5 Å². The van der Waals surface area contributed by atoms with Crippen molar-refractivity contribution in [1.82, 2.24) is 25.1 Å². The van der Waals surface area contributed by atoms with Crippen LogP contribution in [0.2, 0.25) is 0 Å². The number of rotatable bonds is 8. The molecule has 3 heterocycles. The van der Waals surface area contributed by atoms with E-state index in [0.29, 0.717) is 49.5 Å². The summed E-state index contributed by atoms with van der Waals surface area (Å²) in [6.45, 7) is 5.61. The van der Waals surface area contributed by atoms with Crippen molar-refractivity contribution < 1.29 is 13.9 Å². The minimum absolute atomic E-state index is 0.129. The molecule has 1 amide bonds. The van der Waals surface area contributed by atoms with Gasteiger partial charge in [-0.2, -0.15) is 5.10 Å². The van der Waals surface area contributed by atoms with Gasteiger partial charge in [0, 0.05) is 43.9 Å². The first-order valence-electron chi connectivity index (χ1n) is 10.8. The van der Waals surface area contributed by atoms with Crippen molar-refractivity contribution >= 4 is 35.5 Å². The largest absolute Gasteiger partial charge is 0.379 e. The fraction of sp³-hybridized carbons (Fsp3) is 0.304. The standard InChI is InChI=1S/C23H26FN7O2/c1-16-14-22(30-29-16)27-20-15-21(28-23(32)8-9-31-10-12-33-13-11-31)26-19(25-20)7-4-17-2-5-18(24)6-3-17/h2-7,14-15H,8-13H2,1H3,(H3,25,26,27,28,29,30,32)/b7-4+. The van der Waals surface area contributed by atoms with Crippen molar-refractivity contribution in [2.45, 2.75) is 13.3 Å². The topological polar surface area (TPSA) is 108 Å². The minimum atomic E-state index is -0.300. The summed E-state index contributed by atoms with van der Waals surface area (Å²) in [5.74, 6) is 1.43. The number of benzene rings is 1. The lowest BCUT2D eigenvalue weighted by Crippen LogP contribution is -2.38. The van der Waals surface area contributed by atoms with E-state index in [1.165, 1.54) is 12.1 Å². The molecule has 1 aliphatic rings. The molecule has 0 saturated carbocycles. The molecule has 33 heavy (non-hydrogen) atoms. The summed E-state index contributed by atoms with van der Waals surface area (Å²) >= 11 is 0. The average Bonchev–Trinajstić information content (AvgIpc) is 3.22. The van der Waals surface area contributed by atoms with Gasteiger partial charge in [-0.25, -0.2) is 14.4 Å². The van der Waals surface area contributed by atoms with Gasteiger partial charge in [0.25, 0.3) is 0 Å². The van der Waals surface area contributed by atoms with Crippen LogP contribution >= 0.6 is 0 Å². The van der Waals surface area contributed by atoms with Gasteiger partial charge < -0.3 is 15.4 Å². The number of halogens is 1. The van der Waals surface area contributed by atoms with E-state index in [1.807, 2.05) is 13.0 Å². The number of nitrogens with zero attached hydrogens (tertiary/aromatic N) is 4. The molecule has 4 rings (SSSR count). The molecule has 3 N–H and O–H groups in total. The quantitative estimate of drug-likeness (QED) is 0.483. The van der Waals surface area contributed by atoms with Crippen molar-refractivity contribution in [1.29, 1.82) is 0 Å². The number of ether oxygens (including phenoxy) is 1. The van der Waals surface area contributed by atoms with Crippen molar-refractivity contribution in [2.24, 2.45) is 0 Å². The molecule has 0 bridgehead atoms. The SMILES string of the molecule is Cc1cc(Nc2cc(NC(=O)CCN3CCOCC3)nc(/C=C/c3ccc(F)cc3)n2)n[nH]1. The number of aromatic nitrogens is 4. The minimum Gasteiger partial charge on any atom is -0.379 e. The van der Waals surface area contributed by atoms with Crippen molar-refractivity contribution in [2.75, 3.05) is 43.5 Å². The Morgan fingerprint density at radius 1 is 1.12 bits per heavy atom. The number of amides is 1. The summed E-state index contributed by atoms with van der Waals surface area (Å²) in [4.78, 5) is 23.7. The predicted octanol–water partition coefficient (Wildman–Crippen LogP) is 3.22. The van der Waals surface area contributed by atoms with Gasteiger partial charge in [0.15, 0.2) is 11.6 Å². The van der Waals surface area contributed by atoms with Crippen LogP contribution in [0.5, 0.6) is 0 Å². The smallest absolute Gasteiger partial charge is 0.226 e. The maximum atomic E-state index is 13.2. The van der Waals surface area contributed by atoms with E-state index < -0.39 is 0 Å². The molecule has 1 aliphatic heterocycles. The van der Waals surface area contributed by atoms with Crippen LogP contribution in [0.4, 0.5) is 21.8 Å². The number of hydrogen-bond donors (Lipinski definition) is 3. The highest BCUT2D eigenvalue weighted by molar-refractivity contribution is 5.90. The van der Waals surface area contributed by atoms with E-state index in [1.54, 1.807) is 30.4 Å². The van der Waals surface area contributed by atoms with Gasteiger partial charge in [-0.3, -0.25) is 14.8 Å². The summed E-state index contributed by atoms with van der Waals surface area (Å²) in [7, 11) is 0. The van der Waals surface area contributed by atoms with Crippen LogP contribution < -0.4 is 10.6 Å². The first-order chi connectivity index (χ1) is 16.0. The molecule has 0 atom stereocenters. The summed E-state index contributed by atoms with van der Waals surface area (Å²) in [6.07, 6.45) is 3.84.